The molecule has 1 amide bonds. The molecule has 1 heterocycles. The van der Waals surface area contributed by atoms with Crippen molar-refractivity contribution in [1.82, 2.24) is 5.32 Å². The molecule has 1 aliphatic carbocycles. The third-order valence-electron chi connectivity index (χ3n) is 2.38. The van der Waals surface area contributed by atoms with Crippen LogP contribution in [0.25, 0.3) is 0 Å². The quantitative estimate of drug-likeness (QED) is 0.753. The van der Waals surface area contributed by atoms with Crippen molar-refractivity contribution < 1.29 is 9.21 Å². The highest BCUT2D eigenvalue weighted by Gasteiger charge is 2.39. The summed E-state index contributed by atoms with van der Waals surface area (Å²) in [5.74, 6) is 1.07. The molecule has 2 rings (SSSR count). The van der Waals surface area contributed by atoms with Crippen LogP contribution in [0.3, 0.4) is 0 Å². The van der Waals surface area contributed by atoms with Crippen LogP contribution >= 0.6 is 0 Å². The van der Waals surface area contributed by atoms with Gasteiger partial charge in [-0.3, -0.25) is 4.79 Å². The van der Waals surface area contributed by atoms with Gasteiger partial charge in [-0.1, -0.05) is 0 Å². The van der Waals surface area contributed by atoms with Crippen molar-refractivity contribution in [3.8, 4) is 0 Å². The van der Waals surface area contributed by atoms with E-state index >= 15 is 0 Å². The summed E-state index contributed by atoms with van der Waals surface area (Å²) in [6, 6.07) is 3.50. The second-order valence-electron chi connectivity index (χ2n) is 3.93. The molecule has 0 aromatic carbocycles. The Labute approximate surface area is 77.1 Å². The SMILES string of the molecule is Cc1ccc(C(=O)NC2(C)CC2)o1. The number of aryl methyl sites for hydroxylation is 1. The Hall–Kier alpha value is -1.25. The largest absolute Gasteiger partial charge is 0.456 e. The predicted molar refractivity (Wildman–Crippen MR) is 48.6 cm³/mol. The van der Waals surface area contributed by atoms with E-state index < -0.39 is 0 Å². The van der Waals surface area contributed by atoms with Crippen molar-refractivity contribution in [1.29, 1.82) is 0 Å². The highest BCUT2D eigenvalue weighted by molar-refractivity contribution is 5.92. The van der Waals surface area contributed by atoms with E-state index in [4.69, 9.17) is 4.42 Å². The molecule has 1 fully saturated rings. The average molecular weight is 179 g/mol. The number of carbonyl (C=O) groups is 1. The maximum Gasteiger partial charge on any atom is 0.287 e. The fourth-order valence-electron chi connectivity index (χ4n) is 1.20. The van der Waals surface area contributed by atoms with E-state index in [0.29, 0.717) is 5.76 Å². The second kappa shape index (κ2) is 2.62. The van der Waals surface area contributed by atoms with Crippen molar-refractivity contribution in [3.63, 3.8) is 0 Å². The van der Waals surface area contributed by atoms with Gasteiger partial charge in [-0.15, -0.1) is 0 Å². The molecule has 0 radical (unpaired) electrons. The molecule has 1 aromatic heterocycles. The van der Waals surface area contributed by atoms with Crippen LogP contribution in [0.1, 0.15) is 36.1 Å². The third-order valence-corrected chi connectivity index (χ3v) is 2.38. The average Bonchev–Trinajstić information content (AvgIpc) is 2.62. The molecule has 1 saturated carbocycles. The molecule has 1 aliphatic rings. The predicted octanol–water partition coefficient (Wildman–Crippen LogP) is 1.87. The van der Waals surface area contributed by atoms with Crippen LogP contribution in [0.2, 0.25) is 0 Å². The number of amides is 1. The molecule has 1 N–H and O–H groups in total. The number of furan rings is 1. The fraction of sp³-hybridized carbons (Fsp3) is 0.500. The monoisotopic (exact) mass is 179 g/mol. The molecular formula is C10H13NO2. The summed E-state index contributed by atoms with van der Waals surface area (Å²) in [6.07, 6.45) is 2.14. The maximum atomic E-state index is 11.5. The van der Waals surface area contributed by atoms with E-state index in [1.807, 2.05) is 13.8 Å². The summed E-state index contributed by atoms with van der Waals surface area (Å²) in [6.45, 7) is 3.87. The van der Waals surface area contributed by atoms with Crippen molar-refractivity contribution in [2.75, 3.05) is 0 Å². The lowest BCUT2D eigenvalue weighted by molar-refractivity contribution is 0.0906. The molecule has 0 aliphatic heterocycles. The van der Waals surface area contributed by atoms with Crippen LogP contribution in [-0.4, -0.2) is 11.4 Å². The van der Waals surface area contributed by atoms with Crippen molar-refractivity contribution in [3.05, 3.63) is 23.7 Å². The molecule has 0 spiro atoms. The minimum absolute atomic E-state index is 0.0256. The first-order valence-corrected chi connectivity index (χ1v) is 4.48. The van der Waals surface area contributed by atoms with E-state index in [1.165, 1.54) is 0 Å². The van der Waals surface area contributed by atoms with Gasteiger partial charge >= 0.3 is 0 Å². The fourth-order valence-corrected chi connectivity index (χ4v) is 1.20. The van der Waals surface area contributed by atoms with Gasteiger partial charge in [0.2, 0.25) is 0 Å². The van der Waals surface area contributed by atoms with E-state index in [0.717, 1.165) is 18.6 Å². The standard InChI is InChI=1S/C10H13NO2/c1-7-3-4-8(13-7)9(12)11-10(2)5-6-10/h3-4H,5-6H2,1-2H3,(H,11,12). The van der Waals surface area contributed by atoms with Gasteiger partial charge in [0.1, 0.15) is 5.76 Å². The van der Waals surface area contributed by atoms with E-state index in [-0.39, 0.29) is 11.4 Å². The Morgan fingerprint density at radius 2 is 2.23 bits per heavy atom. The first-order chi connectivity index (χ1) is 6.09. The van der Waals surface area contributed by atoms with Gasteiger partial charge in [0.15, 0.2) is 5.76 Å². The topological polar surface area (TPSA) is 42.2 Å². The molecule has 13 heavy (non-hydrogen) atoms. The molecule has 3 nitrogen and oxygen atoms in total. The minimum Gasteiger partial charge on any atom is -0.456 e. The molecule has 0 saturated heterocycles. The number of rotatable bonds is 2. The van der Waals surface area contributed by atoms with Crippen molar-refractivity contribution >= 4 is 5.91 Å². The lowest BCUT2D eigenvalue weighted by atomic mass is 10.3. The van der Waals surface area contributed by atoms with Gasteiger partial charge in [-0.25, -0.2) is 0 Å². The smallest absolute Gasteiger partial charge is 0.287 e. The summed E-state index contributed by atoms with van der Waals surface area (Å²) in [7, 11) is 0. The summed E-state index contributed by atoms with van der Waals surface area (Å²) in [5, 5.41) is 2.93. The van der Waals surface area contributed by atoms with Gasteiger partial charge in [-0.2, -0.15) is 0 Å². The summed E-state index contributed by atoms with van der Waals surface area (Å²) in [4.78, 5) is 11.5. The highest BCUT2D eigenvalue weighted by atomic mass is 16.3. The molecule has 1 aromatic rings. The van der Waals surface area contributed by atoms with Gasteiger partial charge in [0.05, 0.1) is 0 Å². The number of carbonyl (C=O) groups excluding carboxylic acids is 1. The number of hydrogen-bond donors (Lipinski definition) is 1. The van der Waals surface area contributed by atoms with Crippen LogP contribution in [0, 0.1) is 6.92 Å². The Morgan fingerprint density at radius 1 is 1.54 bits per heavy atom. The van der Waals surface area contributed by atoms with E-state index in [2.05, 4.69) is 5.32 Å². The molecule has 70 valence electrons. The Morgan fingerprint density at radius 3 is 2.69 bits per heavy atom. The molecular weight excluding hydrogens is 166 g/mol. The normalized spacial score (nSPS) is 18.3. The van der Waals surface area contributed by atoms with Gasteiger partial charge in [-0.05, 0) is 38.8 Å². The summed E-state index contributed by atoms with van der Waals surface area (Å²) in [5.41, 5.74) is 0.0256. The first kappa shape index (κ1) is 8.35. The lowest BCUT2D eigenvalue weighted by Crippen LogP contribution is -2.33. The minimum atomic E-state index is -0.104. The number of hydrogen-bond acceptors (Lipinski definition) is 2. The van der Waals surface area contributed by atoms with Crippen LogP contribution in [-0.2, 0) is 0 Å². The lowest BCUT2D eigenvalue weighted by Gasteiger charge is -2.08. The van der Waals surface area contributed by atoms with E-state index in [9.17, 15) is 4.79 Å². The zero-order chi connectivity index (χ0) is 9.47. The Bertz CT molecular complexity index is 336. The first-order valence-electron chi connectivity index (χ1n) is 4.48. The van der Waals surface area contributed by atoms with Crippen LogP contribution in [0.4, 0.5) is 0 Å². The number of nitrogens with one attached hydrogen (secondary N) is 1. The maximum absolute atomic E-state index is 11.5. The van der Waals surface area contributed by atoms with Gasteiger partial charge in [0, 0.05) is 5.54 Å². The third kappa shape index (κ3) is 1.74. The zero-order valence-electron chi connectivity index (χ0n) is 7.89. The van der Waals surface area contributed by atoms with Crippen LogP contribution < -0.4 is 5.32 Å². The zero-order valence-corrected chi connectivity index (χ0v) is 7.89. The summed E-state index contributed by atoms with van der Waals surface area (Å²) >= 11 is 0. The second-order valence-corrected chi connectivity index (χ2v) is 3.93. The molecule has 0 atom stereocenters. The molecule has 0 unspecified atom stereocenters. The van der Waals surface area contributed by atoms with E-state index in [1.54, 1.807) is 12.1 Å². The Balaban J connectivity index is 2.05. The van der Waals surface area contributed by atoms with Gasteiger partial charge < -0.3 is 9.73 Å². The van der Waals surface area contributed by atoms with Crippen molar-refractivity contribution in [2.24, 2.45) is 0 Å². The van der Waals surface area contributed by atoms with Crippen molar-refractivity contribution in [2.45, 2.75) is 32.2 Å². The highest BCUT2D eigenvalue weighted by Crippen LogP contribution is 2.34. The Kier molecular flexibility index (Phi) is 1.68. The van der Waals surface area contributed by atoms with Crippen LogP contribution in [0.5, 0.6) is 0 Å². The van der Waals surface area contributed by atoms with Crippen LogP contribution in [0.15, 0.2) is 16.5 Å². The molecule has 3 heteroatoms. The summed E-state index contributed by atoms with van der Waals surface area (Å²) < 4.78 is 5.21. The van der Waals surface area contributed by atoms with Gasteiger partial charge in [0.25, 0.3) is 5.91 Å². The molecule has 0 bridgehead atoms.